The number of carbonyl (C=O) groups is 1. The zero-order chi connectivity index (χ0) is 43.2. The summed E-state index contributed by atoms with van der Waals surface area (Å²) in [7, 11) is 0. The van der Waals surface area contributed by atoms with Crippen LogP contribution in [0.3, 0.4) is 0 Å². The summed E-state index contributed by atoms with van der Waals surface area (Å²) in [6.07, 6.45) is 18.5. The first-order chi connectivity index (χ1) is 27.6. The zero-order valence-electron chi connectivity index (χ0n) is 42.2. The molecule has 0 bridgehead atoms. The van der Waals surface area contributed by atoms with Gasteiger partial charge in [0.25, 0.3) is 5.97 Å². The average Bonchev–Trinajstić information content (AvgIpc) is 3.83. The van der Waals surface area contributed by atoms with Crippen molar-refractivity contribution in [3.63, 3.8) is 0 Å². The maximum Gasteiger partial charge on any atom is 0.300 e. The fraction of sp³-hybridized carbons (Fsp3) is 0.911. The number of aliphatic hydroxyl groups is 2. The topological polar surface area (TPSA) is 148 Å². The summed E-state index contributed by atoms with van der Waals surface area (Å²) in [4.78, 5) is 9.00. The van der Waals surface area contributed by atoms with Crippen molar-refractivity contribution in [3.8, 4) is 0 Å². The Morgan fingerprint density at radius 2 is 0.897 bits per heavy atom. The van der Waals surface area contributed by atoms with Gasteiger partial charge in [0.05, 0.1) is 24.4 Å². The van der Waals surface area contributed by atoms with Crippen molar-refractivity contribution in [2.75, 3.05) is 0 Å². The maximum atomic E-state index is 11.3. The normalized spacial score (nSPS) is 46.7. The third-order valence-electron chi connectivity index (χ3n) is 20.8. The van der Waals surface area contributed by atoms with Crippen LogP contribution in [0.4, 0.5) is 0 Å². The van der Waals surface area contributed by atoms with Gasteiger partial charge in [-0.15, -0.1) is 0 Å². The van der Waals surface area contributed by atoms with Crippen molar-refractivity contribution in [1.29, 1.82) is 0 Å². The van der Waals surface area contributed by atoms with Crippen LogP contribution in [-0.2, 0) is 81.4 Å². The van der Waals surface area contributed by atoms with Crippen LogP contribution < -0.4 is 11.5 Å². The molecule has 1 aliphatic heterocycles. The molecule has 8 unspecified atom stereocenters. The first-order valence-electron chi connectivity index (χ1n) is 24.6. The maximum absolute atomic E-state index is 11.3. The number of aliphatic carboxylic acids is 1. The van der Waals surface area contributed by atoms with E-state index in [0.717, 1.165) is 75.0 Å². The number of carboxylic acid groups (broad SMARTS) is 1. The molecule has 8 aliphatic carbocycles. The Labute approximate surface area is 462 Å². The van der Waals surface area contributed by atoms with Crippen LogP contribution >= 0.6 is 0 Å². The monoisotopic (exact) mass is 1140 g/mol. The zero-order valence-corrected chi connectivity index (χ0v) is 46.3. The molecule has 4 radical (unpaired) electrons. The Morgan fingerprint density at radius 1 is 0.559 bits per heavy atom. The van der Waals surface area contributed by atoms with Crippen molar-refractivity contribution in [2.45, 2.75) is 230 Å². The van der Waals surface area contributed by atoms with Crippen molar-refractivity contribution in [3.05, 3.63) is 28.7 Å². The van der Waals surface area contributed by atoms with E-state index in [1.54, 1.807) is 0 Å². The van der Waals surface area contributed by atoms with Crippen LogP contribution in [0.25, 0.3) is 0 Å². The van der Waals surface area contributed by atoms with E-state index in [1.165, 1.54) is 64.2 Å². The van der Waals surface area contributed by atoms with E-state index in [9.17, 15) is 10.2 Å². The number of aliphatic hydroxyl groups excluding tert-OH is 2. The van der Waals surface area contributed by atoms with E-state index < -0.39 is 24.0 Å². The standard InChI is InChI=1S/C26H44NO2.C23H40NO2.C2H4O2.3CH4.2CH3.4Co/c1-7-15(2)17-8-9-18-21-19(11-13-25(17,18)5)26(6)12-10-16(27)14-20(26)22-23(21)29-24(3,4)28-22;1-5-13(2)15-6-7-16-19-17(9-11-22(15,16)3)23(4)10-8-14(24)12-18(23)20(25)21(19)26;1-2(3)4;;;;;;;;;/h15-23H,1,7-14,27H2,2-6H3;13-21,25-26H,1,5-12,24H2,2-4H3;1H3,(H,3,4);3*1H4;2*1H3;;;;/q2*-1;;;;;2*-1;;;;/t15-,16+,17-,18?,19?,20?,21?,22-,23-,25-,26-;13-,14+,15-,16?,17?,18?,19?,20-,21-,22-,23-;;;;;;;;;;/m11........../s1. The predicted molar refractivity (Wildman–Crippen MR) is 268 cm³/mol. The van der Waals surface area contributed by atoms with E-state index >= 15 is 0 Å². The summed E-state index contributed by atoms with van der Waals surface area (Å²) >= 11 is 0. The van der Waals surface area contributed by atoms with Crippen molar-refractivity contribution in [1.82, 2.24) is 0 Å². The van der Waals surface area contributed by atoms with Crippen molar-refractivity contribution < 1.29 is 96.7 Å². The minimum atomic E-state index is -0.833. The molecule has 7 N–H and O–H groups in total. The molecule has 8 nitrogen and oxygen atoms in total. The van der Waals surface area contributed by atoms with E-state index in [4.69, 9.17) is 30.8 Å². The molecular weight excluding hydrogens is 1030 g/mol. The molecule has 416 valence electrons. The molecule has 1 saturated heterocycles. The second-order valence-electron chi connectivity index (χ2n) is 23.9. The summed E-state index contributed by atoms with van der Waals surface area (Å²) in [6.45, 7) is 28.7. The molecule has 0 amide bonds. The molecule has 68 heavy (non-hydrogen) atoms. The molecule has 9 fully saturated rings. The number of fused-ring (bicyclic) bond motifs is 13. The van der Waals surface area contributed by atoms with Crippen LogP contribution in [0.2, 0.25) is 0 Å². The van der Waals surface area contributed by atoms with E-state index in [-0.39, 0.29) is 140 Å². The van der Waals surface area contributed by atoms with Gasteiger partial charge in [0.15, 0.2) is 5.79 Å². The molecule has 0 aromatic heterocycles. The van der Waals surface area contributed by atoms with Crippen LogP contribution in [0.5, 0.6) is 0 Å². The third kappa shape index (κ3) is 12.6. The van der Waals surface area contributed by atoms with Gasteiger partial charge >= 0.3 is 0 Å². The van der Waals surface area contributed by atoms with Crippen LogP contribution in [0.15, 0.2) is 0 Å². The molecule has 8 saturated carbocycles. The molecule has 22 atom stereocenters. The Morgan fingerprint density at radius 3 is 1.32 bits per heavy atom. The molecule has 1 heterocycles. The smallest absolute Gasteiger partial charge is 0.300 e. The van der Waals surface area contributed by atoms with Gasteiger partial charge in [-0.1, -0.05) is 75.7 Å². The minimum absolute atomic E-state index is 0. The van der Waals surface area contributed by atoms with E-state index in [0.29, 0.717) is 51.9 Å². The van der Waals surface area contributed by atoms with Crippen LogP contribution in [0, 0.1) is 121 Å². The predicted octanol–water partition coefficient (Wildman–Crippen LogP) is 12.2. The Hall–Kier alpha value is 1.26. The second kappa shape index (κ2) is 27.3. The van der Waals surface area contributed by atoms with Crippen molar-refractivity contribution in [2.24, 2.45) is 104 Å². The van der Waals surface area contributed by atoms with Gasteiger partial charge in [-0.05, 0) is 185 Å². The average molecular weight is 1140 g/mol. The molecule has 12 heteroatoms. The summed E-state index contributed by atoms with van der Waals surface area (Å²) in [5, 5.41) is 29.8. The SMILES string of the molecule is C.C.C.CC(=O)O.[CH2-]C[C@@H](C)[C@H]1CCC2C3C(CC[C@@]21C)[C@@]1(C)CC[C@H](N)CC1[C@@H](O)[C@@H]3O.[CH2-]C[C@@H](C)[C@H]1CCC2C3C(CC[C@@]21C)[C@@]1(C)CC[C@H](N)CC1[C@H]1OC(C)(C)O[C@H]31.[CH3-].[CH3-].[Co].[Co].[Co].[Co]. The molecule has 9 rings (SSSR count). The Kier molecular flexibility index (Phi) is 29.6. The van der Waals surface area contributed by atoms with Gasteiger partial charge in [-0.3, -0.25) is 4.79 Å². The second-order valence-corrected chi connectivity index (χ2v) is 23.9. The summed E-state index contributed by atoms with van der Waals surface area (Å²) in [5.41, 5.74) is 14.0. The summed E-state index contributed by atoms with van der Waals surface area (Å²) in [6, 6.07) is 0.523. The quantitative estimate of drug-likeness (QED) is 0.175. The Balaban J connectivity index is -0.00000103. The minimum Gasteiger partial charge on any atom is -0.481 e. The fourth-order valence-electron chi connectivity index (χ4n) is 17.9. The summed E-state index contributed by atoms with van der Waals surface area (Å²) in [5.74, 6) is 5.93. The first-order valence-corrected chi connectivity index (χ1v) is 24.6. The molecule has 0 aromatic rings. The number of carboxylic acids is 1. The molecule has 0 spiro atoms. The fourth-order valence-corrected chi connectivity index (χ4v) is 17.9. The summed E-state index contributed by atoms with van der Waals surface area (Å²) < 4.78 is 13.4. The van der Waals surface area contributed by atoms with Gasteiger partial charge in [0.1, 0.15) is 0 Å². The number of hydrogen-bond acceptors (Lipinski definition) is 7. The van der Waals surface area contributed by atoms with Gasteiger partial charge in [-0.25, -0.2) is 0 Å². The van der Waals surface area contributed by atoms with E-state index in [1.807, 2.05) is 0 Å². The third-order valence-corrected chi connectivity index (χ3v) is 20.8. The number of rotatable bonds is 4. The number of hydrogen-bond donors (Lipinski definition) is 5. The Bertz CT molecular complexity index is 1510. The van der Waals surface area contributed by atoms with E-state index in [2.05, 4.69) is 69.2 Å². The number of nitrogens with two attached hydrogens (primary N) is 2. The van der Waals surface area contributed by atoms with Crippen LogP contribution in [-0.4, -0.2) is 63.6 Å². The van der Waals surface area contributed by atoms with Gasteiger partial charge in [0.2, 0.25) is 0 Å². The molecular formula is C56H106Co4N2O6-4. The number of ether oxygens (including phenoxy) is 2. The first kappa shape index (κ1) is 73.5. The van der Waals surface area contributed by atoms with Gasteiger partial charge in [-0.2, -0.15) is 12.8 Å². The van der Waals surface area contributed by atoms with Crippen LogP contribution in [0.1, 0.15) is 187 Å². The molecule has 9 aliphatic rings. The molecule has 0 aromatic carbocycles. The largest absolute Gasteiger partial charge is 0.481 e. The van der Waals surface area contributed by atoms with Gasteiger partial charge in [0, 0.05) is 86.1 Å². The van der Waals surface area contributed by atoms with Gasteiger partial charge < -0.3 is 65.0 Å². The van der Waals surface area contributed by atoms with Crippen molar-refractivity contribution >= 4 is 5.97 Å².